The monoisotopic (exact) mass is 709 g/mol. The Morgan fingerprint density at radius 1 is 0.660 bits per heavy atom. The zero-order valence-corrected chi connectivity index (χ0v) is 33.8. The van der Waals surface area contributed by atoms with E-state index in [-0.39, 0.29) is 11.8 Å². The van der Waals surface area contributed by atoms with Crippen molar-refractivity contribution < 1.29 is 9.59 Å². The highest BCUT2D eigenvalue weighted by Gasteiger charge is 2.49. The van der Waals surface area contributed by atoms with E-state index in [2.05, 4.69) is 60.6 Å². The third kappa shape index (κ3) is 7.34. The first kappa shape index (κ1) is 36.7. The van der Waals surface area contributed by atoms with Crippen molar-refractivity contribution in [3.63, 3.8) is 0 Å². The Bertz CT molecular complexity index is 1530. The molecule has 0 N–H and O–H groups in total. The van der Waals surface area contributed by atoms with Gasteiger partial charge in [0.1, 0.15) is 8.07 Å². The Kier molecular flexibility index (Phi) is 12.8. The van der Waals surface area contributed by atoms with Gasteiger partial charge in [0.05, 0.1) is 16.0 Å². The van der Waals surface area contributed by atoms with E-state index < -0.39 is 8.07 Å². The van der Waals surface area contributed by atoms with Gasteiger partial charge in [0.15, 0.2) is 0 Å². The minimum Gasteiger partial charge on any atom is -0.274 e. The van der Waals surface area contributed by atoms with Crippen molar-refractivity contribution in [3.8, 4) is 19.5 Å². The molecule has 0 aliphatic carbocycles. The molecule has 3 aromatic heterocycles. The fourth-order valence-corrected chi connectivity index (χ4v) is 19.4. The summed E-state index contributed by atoms with van der Waals surface area (Å²) in [6.07, 6.45) is 17.6. The van der Waals surface area contributed by atoms with Crippen LogP contribution in [0.3, 0.4) is 0 Å². The first-order valence-electron chi connectivity index (χ1n) is 19.0. The van der Waals surface area contributed by atoms with Crippen LogP contribution in [0.15, 0.2) is 12.1 Å². The summed E-state index contributed by atoms with van der Waals surface area (Å²) in [5.41, 5.74) is 1.38. The normalized spacial score (nSPS) is 18.2. The zero-order chi connectivity index (χ0) is 33.7. The Morgan fingerprint density at radius 2 is 1.26 bits per heavy atom. The van der Waals surface area contributed by atoms with Crippen LogP contribution in [0.1, 0.15) is 155 Å². The fraction of sp³-hybridized carbons (Fsp3) is 0.650. The Morgan fingerprint density at radius 3 is 1.94 bits per heavy atom. The van der Waals surface area contributed by atoms with Crippen molar-refractivity contribution in [1.29, 1.82) is 0 Å². The molecule has 0 radical (unpaired) electrons. The number of amides is 2. The van der Waals surface area contributed by atoms with E-state index in [1.165, 1.54) is 95.8 Å². The van der Waals surface area contributed by atoms with Crippen LogP contribution in [-0.4, -0.2) is 31.3 Å². The number of hydrogen-bond donors (Lipinski definition) is 0. The first-order valence-corrected chi connectivity index (χ1v) is 23.9. The van der Waals surface area contributed by atoms with Crippen LogP contribution in [0, 0.1) is 25.7 Å². The van der Waals surface area contributed by atoms with Gasteiger partial charge in [0, 0.05) is 30.9 Å². The molecule has 7 heteroatoms. The third-order valence-electron chi connectivity index (χ3n) is 11.2. The molecule has 0 fully saturated rings. The number of aryl methyl sites for hydroxylation is 2. The van der Waals surface area contributed by atoms with Gasteiger partial charge in [-0.05, 0) is 66.7 Å². The molecule has 3 aromatic rings. The number of carbonyl (C=O) groups is 2. The molecule has 2 amide bonds. The second kappa shape index (κ2) is 16.4. The number of fused-ring (bicyclic) bond motifs is 4. The summed E-state index contributed by atoms with van der Waals surface area (Å²) >= 11 is 5.60. The lowest BCUT2D eigenvalue weighted by molar-refractivity contribution is 0.0624. The number of thiophene rings is 3. The molecule has 0 saturated carbocycles. The van der Waals surface area contributed by atoms with Crippen LogP contribution in [0.25, 0.3) is 19.5 Å². The van der Waals surface area contributed by atoms with Gasteiger partial charge in [0.2, 0.25) is 0 Å². The molecule has 0 aromatic carbocycles. The van der Waals surface area contributed by atoms with E-state index in [0.717, 1.165) is 41.4 Å². The topological polar surface area (TPSA) is 37.4 Å². The van der Waals surface area contributed by atoms with Gasteiger partial charge in [-0.2, -0.15) is 0 Å². The highest BCUT2D eigenvalue weighted by molar-refractivity contribution is 7.32. The molecular formula is C40H59NO2S3Si. The van der Waals surface area contributed by atoms with Crippen molar-refractivity contribution >= 4 is 64.3 Å². The van der Waals surface area contributed by atoms with Crippen LogP contribution >= 0.6 is 34.0 Å². The van der Waals surface area contributed by atoms with Crippen LogP contribution < -0.4 is 10.4 Å². The van der Waals surface area contributed by atoms with E-state index in [0.29, 0.717) is 23.6 Å². The van der Waals surface area contributed by atoms with E-state index in [1.54, 1.807) is 26.6 Å². The van der Waals surface area contributed by atoms with Crippen molar-refractivity contribution in [1.82, 2.24) is 4.90 Å². The second-order valence-electron chi connectivity index (χ2n) is 14.5. The summed E-state index contributed by atoms with van der Waals surface area (Å²) < 4.78 is 0. The van der Waals surface area contributed by atoms with Crippen molar-refractivity contribution in [2.75, 3.05) is 6.54 Å². The Labute approximate surface area is 298 Å². The lowest BCUT2D eigenvalue weighted by atomic mass is 9.99. The van der Waals surface area contributed by atoms with Gasteiger partial charge in [-0.25, -0.2) is 0 Å². The van der Waals surface area contributed by atoms with Gasteiger partial charge < -0.3 is 0 Å². The number of unbranched alkanes of at least 4 members (excludes halogenated alkanes) is 7. The van der Waals surface area contributed by atoms with Gasteiger partial charge in [-0.3, -0.25) is 14.5 Å². The molecule has 0 bridgehead atoms. The summed E-state index contributed by atoms with van der Waals surface area (Å²) in [5.74, 6) is 1.03. The van der Waals surface area contributed by atoms with Crippen LogP contribution in [0.2, 0.25) is 12.1 Å². The largest absolute Gasteiger partial charge is 0.274 e. The Balaban J connectivity index is 1.54. The second-order valence-corrected chi connectivity index (χ2v) is 22.2. The zero-order valence-electron chi connectivity index (χ0n) is 30.3. The maximum atomic E-state index is 14.1. The maximum Gasteiger partial charge on any atom is 0.263 e. The average Bonchev–Trinajstić information content (AvgIpc) is 3.85. The Hall–Kier alpha value is -1.54. The summed E-state index contributed by atoms with van der Waals surface area (Å²) in [6.45, 7) is 16.4. The number of hydrogen-bond acceptors (Lipinski definition) is 5. The summed E-state index contributed by atoms with van der Waals surface area (Å²) in [7, 11) is -2.01. The molecule has 5 rings (SSSR count). The average molecular weight is 710 g/mol. The molecule has 47 heavy (non-hydrogen) atoms. The van der Waals surface area contributed by atoms with Crippen molar-refractivity contribution in [2.24, 2.45) is 11.8 Å². The van der Waals surface area contributed by atoms with Crippen molar-refractivity contribution in [2.45, 2.75) is 150 Å². The summed E-state index contributed by atoms with van der Waals surface area (Å²) in [6, 6.07) is 7.82. The highest BCUT2D eigenvalue weighted by atomic mass is 32.1. The molecule has 3 nitrogen and oxygen atoms in total. The molecule has 0 saturated heterocycles. The maximum absolute atomic E-state index is 14.1. The fourth-order valence-electron chi connectivity index (χ4n) is 8.33. The van der Waals surface area contributed by atoms with Crippen LogP contribution in [0.4, 0.5) is 0 Å². The molecule has 5 heterocycles. The first-order chi connectivity index (χ1) is 22.7. The summed E-state index contributed by atoms with van der Waals surface area (Å²) in [4.78, 5) is 37.2. The van der Waals surface area contributed by atoms with E-state index in [4.69, 9.17) is 0 Å². The smallest absolute Gasteiger partial charge is 0.263 e. The van der Waals surface area contributed by atoms with Gasteiger partial charge in [-0.1, -0.05) is 118 Å². The van der Waals surface area contributed by atoms with Crippen LogP contribution in [-0.2, 0) is 0 Å². The number of carbonyl (C=O) groups excluding carboxylic acids is 2. The van der Waals surface area contributed by atoms with Gasteiger partial charge >= 0.3 is 0 Å². The molecular weight excluding hydrogens is 651 g/mol. The number of rotatable bonds is 20. The van der Waals surface area contributed by atoms with E-state index >= 15 is 0 Å². The highest BCUT2D eigenvalue weighted by Crippen LogP contribution is 2.49. The molecule has 0 spiro atoms. The van der Waals surface area contributed by atoms with Crippen molar-refractivity contribution in [3.05, 3.63) is 33.0 Å². The van der Waals surface area contributed by atoms with Crippen LogP contribution in [0.5, 0.6) is 0 Å². The van der Waals surface area contributed by atoms with Gasteiger partial charge in [-0.15, -0.1) is 34.0 Å². The predicted molar refractivity (Wildman–Crippen MR) is 210 cm³/mol. The predicted octanol–water partition coefficient (Wildman–Crippen LogP) is 12.1. The molecule has 3 atom stereocenters. The van der Waals surface area contributed by atoms with E-state index in [9.17, 15) is 9.59 Å². The third-order valence-corrected chi connectivity index (χ3v) is 20.5. The number of imide groups is 1. The minimum atomic E-state index is -2.01. The standard InChI is InChI=1S/C40H59NO2S3Si/c1-8-13-16-17-18-19-22-47(26-30(12-5)21-15-10-3)32-23-27(6)44-37(32)38-33(47)24-31(46-38)36-35-34(28(7)45-36)39(42)41(40(35)43)25-29(11-4)20-14-9-2/h23-24,29-30H,8-22,25-26H2,1-7H3. The SMILES string of the molecule is CCCCCCCC[Si]1(CC(CC)CCCC)c2cc(C)sc2-c2sc(-c3sc(C)c4c3C(=O)N(CC(CC)CCCC)C4=O)cc21. The molecule has 3 unspecified atom stereocenters. The lowest BCUT2D eigenvalue weighted by Crippen LogP contribution is -2.55. The minimum absolute atomic E-state index is 0.0540. The van der Waals surface area contributed by atoms with E-state index in [1.807, 2.05) is 22.7 Å². The van der Waals surface area contributed by atoms with Gasteiger partial charge in [0.25, 0.3) is 11.8 Å². The molecule has 2 aliphatic heterocycles. The lowest BCUT2D eigenvalue weighted by Gasteiger charge is -2.33. The molecule has 2 aliphatic rings. The number of nitrogens with zero attached hydrogens (tertiary/aromatic N) is 1. The quantitative estimate of drug-likeness (QED) is 0.0665. The summed E-state index contributed by atoms with van der Waals surface area (Å²) in [5, 5.41) is 3.38. The molecule has 258 valence electrons.